The molecule has 0 radical (unpaired) electrons. The second-order valence-corrected chi connectivity index (χ2v) is 7.25. The number of methoxy groups -OCH3 is 1. The van der Waals surface area contributed by atoms with Crippen LogP contribution in [0.25, 0.3) is 10.9 Å². The molecule has 3 rings (SSSR count). The summed E-state index contributed by atoms with van der Waals surface area (Å²) in [6.07, 6.45) is 1.37. The van der Waals surface area contributed by atoms with Gasteiger partial charge in [-0.15, -0.1) is 0 Å². The van der Waals surface area contributed by atoms with Crippen LogP contribution in [0.5, 0.6) is 5.75 Å². The number of benzene rings is 2. The number of fused-ring (bicyclic) bond motifs is 1. The lowest BCUT2D eigenvalue weighted by atomic mass is 10.2. The number of rotatable bonds is 5. The highest BCUT2D eigenvalue weighted by Crippen LogP contribution is 2.23. The van der Waals surface area contributed by atoms with E-state index in [1.807, 2.05) is 19.9 Å². The van der Waals surface area contributed by atoms with Crippen LogP contribution < -0.4 is 10.3 Å². The number of halogens is 1. The van der Waals surface area contributed by atoms with E-state index in [4.69, 9.17) is 4.74 Å². The van der Waals surface area contributed by atoms with Crippen molar-refractivity contribution < 1.29 is 9.66 Å². The van der Waals surface area contributed by atoms with Crippen LogP contribution in [0.15, 0.2) is 50.8 Å². The first kappa shape index (κ1) is 19.7. The SMILES string of the molecule is COc1ccc([N+](=O)[O-])cc1C=Nn1c(C(C)C)nc2ccc(Br)cc2c1=O. The van der Waals surface area contributed by atoms with E-state index in [-0.39, 0.29) is 17.2 Å². The van der Waals surface area contributed by atoms with E-state index in [1.165, 1.54) is 36.2 Å². The van der Waals surface area contributed by atoms with Gasteiger partial charge in [0.15, 0.2) is 0 Å². The summed E-state index contributed by atoms with van der Waals surface area (Å²) in [5, 5.41) is 15.8. The molecule has 0 N–H and O–H groups in total. The molecule has 0 fully saturated rings. The minimum absolute atomic E-state index is 0.0649. The van der Waals surface area contributed by atoms with Crippen LogP contribution in [0.2, 0.25) is 0 Å². The van der Waals surface area contributed by atoms with E-state index in [0.29, 0.717) is 28.0 Å². The molecule has 144 valence electrons. The summed E-state index contributed by atoms with van der Waals surface area (Å²) in [7, 11) is 1.46. The quantitative estimate of drug-likeness (QED) is 0.335. The van der Waals surface area contributed by atoms with Crippen molar-refractivity contribution in [2.45, 2.75) is 19.8 Å². The number of aromatic nitrogens is 2. The fourth-order valence-electron chi connectivity index (χ4n) is 2.71. The van der Waals surface area contributed by atoms with Crippen molar-refractivity contribution in [2.75, 3.05) is 7.11 Å². The second-order valence-electron chi connectivity index (χ2n) is 6.33. The third kappa shape index (κ3) is 3.79. The van der Waals surface area contributed by atoms with E-state index < -0.39 is 4.92 Å². The Kier molecular flexibility index (Phi) is 5.55. The average molecular weight is 445 g/mol. The van der Waals surface area contributed by atoms with Gasteiger partial charge in [-0.1, -0.05) is 29.8 Å². The molecule has 0 aliphatic heterocycles. The minimum atomic E-state index is -0.502. The Morgan fingerprint density at radius 1 is 1.29 bits per heavy atom. The number of ether oxygens (including phenoxy) is 1. The van der Waals surface area contributed by atoms with E-state index >= 15 is 0 Å². The molecule has 8 nitrogen and oxygen atoms in total. The zero-order valence-electron chi connectivity index (χ0n) is 15.4. The Morgan fingerprint density at radius 2 is 2.04 bits per heavy atom. The number of nitrogens with zero attached hydrogens (tertiary/aromatic N) is 4. The van der Waals surface area contributed by atoms with Crippen molar-refractivity contribution in [2.24, 2.45) is 5.10 Å². The molecule has 1 heterocycles. The molecule has 0 aliphatic rings. The van der Waals surface area contributed by atoms with Crippen LogP contribution in [0.1, 0.15) is 31.2 Å². The molecule has 2 aromatic carbocycles. The summed E-state index contributed by atoms with van der Waals surface area (Å²) < 4.78 is 7.22. The summed E-state index contributed by atoms with van der Waals surface area (Å²) in [5.41, 5.74) is 0.541. The zero-order chi connectivity index (χ0) is 20.4. The molecule has 0 bridgehead atoms. The first-order valence-corrected chi connectivity index (χ1v) is 9.20. The molecule has 0 atom stereocenters. The maximum absolute atomic E-state index is 13.0. The Balaban J connectivity index is 2.20. The number of hydrogen-bond donors (Lipinski definition) is 0. The molecule has 0 saturated heterocycles. The smallest absolute Gasteiger partial charge is 0.282 e. The van der Waals surface area contributed by atoms with E-state index in [0.717, 1.165) is 4.47 Å². The predicted molar refractivity (Wildman–Crippen MR) is 110 cm³/mol. The highest BCUT2D eigenvalue weighted by atomic mass is 79.9. The van der Waals surface area contributed by atoms with Gasteiger partial charge in [0.2, 0.25) is 0 Å². The van der Waals surface area contributed by atoms with Crippen LogP contribution >= 0.6 is 15.9 Å². The molecule has 3 aromatic rings. The zero-order valence-corrected chi connectivity index (χ0v) is 17.0. The maximum Gasteiger partial charge on any atom is 0.282 e. The average Bonchev–Trinajstić information content (AvgIpc) is 2.67. The first-order chi connectivity index (χ1) is 13.3. The van der Waals surface area contributed by atoms with Gasteiger partial charge in [0.1, 0.15) is 11.6 Å². The van der Waals surface area contributed by atoms with Gasteiger partial charge >= 0.3 is 0 Å². The third-order valence-electron chi connectivity index (χ3n) is 4.09. The topological polar surface area (TPSA) is 99.6 Å². The first-order valence-electron chi connectivity index (χ1n) is 8.40. The lowest BCUT2D eigenvalue weighted by Gasteiger charge is -2.12. The highest BCUT2D eigenvalue weighted by Gasteiger charge is 2.15. The van der Waals surface area contributed by atoms with E-state index in [9.17, 15) is 14.9 Å². The summed E-state index contributed by atoms with van der Waals surface area (Å²) in [4.78, 5) is 28.1. The Hall–Kier alpha value is -3.07. The van der Waals surface area contributed by atoms with E-state index in [2.05, 4.69) is 26.0 Å². The third-order valence-corrected chi connectivity index (χ3v) is 4.58. The van der Waals surface area contributed by atoms with Crippen molar-refractivity contribution in [3.63, 3.8) is 0 Å². The monoisotopic (exact) mass is 444 g/mol. The maximum atomic E-state index is 13.0. The molecule has 0 aliphatic carbocycles. The van der Waals surface area contributed by atoms with E-state index in [1.54, 1.807) is 12.1 Å². The largest absolute Gasteiger partial charge is 0.496 e. The molecular weight excluding hydrogens is 428 g/mol. The van der Waals surface area contributed by atoms with Gasteiger partial charge in [0.05, 0.1) is 29.2 Å². The number of non-ortho nitro benzene ring substituents is 1. The molecular formula is C19H17BrN4O4. The van der Waals surface area contributed by atoms with Crippen molar-refractivity contribution >= 4 is 38.7 Å². The van der Waals surface area contributed by atoms with Gasteiger partial charge in [0.25, 0.3) is 11.2 Å². The minimum Gasteiger partial charge on any atom is -0.496 e. The lowest BCUT2D eigenvalue weighted by Crippen LogP contribution is -2.23. The van der Waals surface area contributed by atoms with Gasteiger partial charge in [-0.3, -0.25) is 14.9 Å². The van der Waals surface area contributed by atoms with Gasteiger partial charge in [-0.25, -0.2) is 4.98 Å². The normalized spacial score (nSPS) is 11.5. The Morgan fingerprint density at radius 3 is 2.68 bits per heavy atom. The van der Waals surface area contributed by atoms with Crippen molar-refractivity contribution in [1.82, 2.24) is 9.66 Å². The summed E-state index contributed by atoms with van der Waals surface area (Å²) in [5.74, 6) is 0.829. The molecule has 28 heavy (non-hydrogen) atoms. The molecule has 1 aromatic heterocycles. The van der Waals surface area contributed by atoms with Crippen molar-refractivity contribution in [3.8, 4) is 5.75 Å². The summed E-state index contributed by atoms with van der Waals surface area (Å²) >= 11 is 3.36. The van der Waals surface area contributed by atoms with Crippen molar-refractivity contribution in [1.29, 1.82) is 0 Å². The molecule has 0 saturated carbocycles. The van der Waals surface area contributed by atoms with Gasteiger partial charge < -0.3 is 4.74 Å². The highest BCUT2D eigenvalue weighted by molar-refractivity contribution is 9.10. The van der Waals surface area contributed by atoms with Crippen LogP contribution in [-0.2, 0) is 0 Å². The Bertz CT molecular complexity index is 1150. The molecule has 0 unspecified atom stereocenters. The number of nitro benzene ring substituents is 1. The number of nitro groups is 1. The van der Waals surface area contributed by atoms with Crippen LogP contribution in [0, 0.1) is 10.1 Å². The lowest BCUT2D eigenvalue weighted by molar-refractivity contribution is -0.384. The van der Waals surface area contributed by atoms with Crippen LogP contribution in [-0.4, -0.2) is 27.9 Å². The molecule has 0 amide bonds. The standard InChI is InChI=1S/C19H17BrN4O4/c1-11(2)18-22-16-6-4-13(20)9-15(16)19(25)23(18)21-10-12-8-14(24(26)27)5-7-17(12)28-3/h4-11H,1-3H3. The predicted octanol–water partition coefficient (Wildman–Crippen LogP) is 4.08. The van der Waals surface area contributed by atoms with Gasteiger partial charge in [-0.05, 0) is 24.3 Å². The van der Waals surface area contributed by atoms with Crippen molar-refractivity contribution in [3.05, 3.63) is 72.7 Å². The molecule has 0 spiro atoms. The fraction of sp³-hybridized carbons (Fsp3) is 0.211. The molecule has 9 heteroatoms. The Labute approximate surface area is 168 Å². The fourth-order valence-corrected chi connectivity index (χ4v) is 3.07. The summed E-state index contributed by atoms with van der Waals surface area (Å²) in [6.45, 7) is 3.82. The second kappa shape index (κ2) is 7.89. The van der Waals surface area contributed by atoms with Crippen LogP contribution in [0.3, 0.4) is 0 Å². The van der Waals surface area contributed by atoms with Gasteiger partial charge in [-0.2, -0.15) is 9.78 Å². The van der Waals surface area contributed by atoms with Gasteiger partial charge in [0, 0.05) is 28.1 Å². The summed E-state index contributed by atoms with van der Waals surface area (Å²) in [6, 6.07) is 9.45. The van der Waals surface area contributed by atoms with Crippen LogP contribution in [0.4, 0.5) is 5.69 Å². The number of hydrogen-bond acceptors (Lipinski definition) is 6.